The predicted octanol–water partition coefficient (Wildman–Crippen LogP) is 5.08. The van der Waals surface area contributed by atoms with Crippen molar-refractivity contribution in [3.63, 3.8) is 0 Å². The number of aliphatic carboxylic acids is 1. The first-order chi connectivity index (χ1) is 17.0. The van der Waals surface area contributed by atoms with Crippen LogP contribution in [0.25, 0.3) is 22.6 Å². The van der Waals surface area contributed by atoms with Crippen LogP contribution in [0, 0.1) is 10.8 Å². The van der Waals surface area contributed by atoms with Gasteiger partial charge in [-0.15, -0.1) is 0 Å². The third-order valence-corrected chi connectivity index (χ3v) is 8.91. The van der Waals surface area contributed by atoms with Gasteiger partial charge in [-0.3, -0.25) is 4.79 Å². The Morgan fingerprint density at radius 2 is 1.86 bits per heavy atom. The van der Waals surface area contributed by atoms with Gasteiger partial charge in [-0.05, 0) is 75.0 Å². The summed E-state index contributed by atoms with van der Waals surface area (Å²) in [5.74, 6) is 1.07. The fraction of sp³-hybridized carbons (Fsp3) is 0.538. The number of halogens is 1. The Hall–Kier alpha value is -2.71. The number of nitrogens with zero attached hydrogens (tertiary/aromatic N) is 4. The Labute approximate surface area is 209 Å². The summed E-state index contributed by atoms with van der Waals surface area (Å²) in [5.41, 5.74) is 1.97. The molecule has 2 N–H and O–H groups in total. The molecule has 7 rings (SSSR count). The van der Waals surface area contributed by atoms with Gasteiger partial charge in [-0.25, -0.2) is 15.0 Å². The zero-order valence-corrected chi connectivity index (χ0v) is 20.4. The molecular weight excluding hydrogens is 466 g/mol. The molecule has 3 aliphatic carbocycles. The Balaban J connectivity index is 1.03. The number of aromatic amines is 1. The predicted molar refractivity (Wildman–Crippen MR) is 134 cm³/mol. The Kier molecular flexibility index (Phi) is 5.68. The van der Waals surface area contributed by atoms with Gasteiger partial charge in [0.2, 0.25) is 0 Å². The number of hydrogen-bond acceptors (Lipinski definition) is 6. The monoisotopic (exact) mass is 495 g/mol. The summed E-state index contributed by atoms with van der Waals surface area (Å²) in [4.78, 5) is 30.7. The summed E-state index contributed by atoms with van der Waals surface area (Å²) in [6.07, 6.45) is 11.1. The summed E-state index contributed by atoms with van der Waals surface area (Å²) in [6.45, 7) is 2.60. The molecule has 184 valence electrons. The normalized spacial score (nSPS) is 26.9. The lowest BCUT2D eigenvalue weighted by molar-refractivity contribution is -0.162. The topological polar surface area (TPSA) is 104 Å². The number of carboxylic acid groups (broad SMARTS) is 1. The highest BCUT2D eigenvalue weighted by Crippen LogP contribution is 2.57. The number of carbonyl (C=O) groups is 1. The van der Waals surface area contributed by atoms with Crippen molar-refractivity contribution in [2.75, 3.05) is 24.6 Å². The van der Waals surface area contributed by atoms with Gasteiger partial charge < -0.3 is 19.7 Å². The number of ether oxygens (including phenoxy) is 1. The summed E-state index contributed by atoms with van der Waals surface area (Å²) in [6, 6.07) is 5.80. The smallest absolute Gasteiger partial charge is 0.309 e. The molecule has 1 aliphatic heterocycles. The van der Waals surface area contributed by atoms with Crippen LogP contribution in [-0.2, 0) is 9.53 Å². The zero-order chi connectivity index (χ0) is 24.0. The molecule has 4 heterocycles. The fourth-order valence-corrected chi connectivity index (χ4v) is 6.27. The van der Waals surface area contributed by atoms with Crippen molar-refractivity contribution in [2.45, 2.75) is 57.5 Å². The van der Waals surface area contributed by atoms with E-state index in [-0.39, 0.29) is 11.5 Å². The van der Waals surface area contributed by atoms with Gasteiger partial charge in [0, 0.05) is 31.0 Å². The number of anilines is 1. The van der Waals surface area contributed by atoms with Crippen molar-refractivity contribution in [1.82, 2.24) is 19.9 Å². The van der Waals surface area contributed by atoms with Gasteiger partial charge in [0.05, 0.1) is 23.1 Å². The highest BCUT2D eigenvalue weighted by molar-refractivity contribution is 6.34. The maximum atomic E-state index is 11.7. The second-order valence-corrected chi connectivity index (χ2v) is 11.0. The molecule has 9 heteroatoms. The number of rotatable bonds is 6. The van der Waals surface area contributed by atoms with Crippen LogP contribution in [0.2, 0.25) is 5.02 Å². The minimum absolute atomic E-state index is 0.197. The molecule has 4 fully saturated rings. The number of pyridine rings is 2. The SMILES string of the molecule is O=C(O)C12CCC(COC3CCN(c4ccc(-c5nc6c(Cl)ccnc6[nH]5)cn4)CC3)(CC1)CC2. The number of fused-ring (bicyclic) bond motifs is 4. The van der Waals surface area contributed by atoms with E-state index in [9.17, 15) is 9.90 Å². The van der Waals surface area contributed by atoms with Crippen LogP contribution in [-0.4, -0.2) is 56.8 Å². The van der Waals surface area contributed by atoms with E-state index < -0.39 is 11.4 Å². The summed E-state index contributed by atoms with van der Waals surface area (Å²) in [5, 5.41) is 10.2. The maximum Gasteiger partial charge on any atom is 0.309 e. The largest absolute Gasteiger partial charge is 0.481 e. The first kappa shape index (κ1) is 22.7. The van der Waals surface area contributed by atoms with Crippen LogP contribution < -0.4 is 4.90 Å². The summed E-state index contributed by atoms with van der Waals surface area (Å²) in [7, 11) is 0. The van der Waals surface area contributed by atoms with Gasteiger partial charge in [-0.1, -0.05) is 11.6 Å². The van der Waals surface area contributed by atoms with E-state index in [1.54, 1.807) is 12.3 Å². The molecule has 2 bridgehead atoms. The van der Waals surface area contributed by atoms with Crippen LogP contribution in [0.3, 0.4) is 0 Å². The van der Waals surface area contributed by atoms with Crippen molar-refractivity contribution in [2.24, 2.45) is 10.8 Å². The number of nitrogens with one attached hydrogen (secondary N) is 1. The number of carboxylic acids is 1. The van der Waals surface area contributed by atoms with E-state index in [1.807, 2.05) is 18.3 Å². The first-order valence-corrected chi connectivity index (χ1v) is 12.9. The lowest BCUT2D eigenvalue weighted by Crippen LogP contribution is -2.48. The van der Waals surface area contributed by atoms with E-state index in [4.69, 9.17) is 16.3 Å². The van der Waals surface area contributed by atoms with E-state index in [2.05, 4.69) is 24.8 Å². The standard InChI is InChI=1S/C26H30ClN5O3/c27-19-3-12-28-23-21(19)30-22(31-23)17-1-2-20(29-15-17)32-13-4-18(5-14-32)35-16-25-6-9-26(10-7-25,11-8-25)24(33)34/h1-3,12,15,18H,4-11,13-14,16H2,(H,33,34)(H,28,30,31). The van der Waals surface area contributed by atoms with Gasteiger partial charge in [0.1, 0.15) is 17.2 Å². The Morgan fingerprint density at radius 1 is 1.11 bits per heavy atom. The second-order valence-electron chi connectivity index (χ2n) is 10.6. The molecule has 35 heavy (non-hydrogen) atoms. The van der Waals surface area contributed by atoms with Crippen LogP contribution in [0.4, 0.5) is 5.82 Å². The highest BCUT2D eigenvalue weighted by atomic mass is 35.5. The molecule has 3 aromatic rings. The number of piperidine rings is 1. The number of hydrogen-bond donors (Lipinski definition) is 2. The van der Waals surface area contributed by atoms with Crippen molar-refractivity contribution < 1.29 is 14.6 Å². The second kappa shape index (κ2) is 8.75. The summed E-state index contributed by atoms with van der Waals surface area (Å²) < 4.78 is 6.41. The van der Waals surface area contributed by atoms with Crippen LogP contribution in [0.1, 0.15) is 51.4 Å². The molecule has 0 atom stereocenters. The molecule has 0 unspecified atom stereocenters. The quantitative estimate of drug-likeness (QED) is 0.491. The molecule has 8 nitrogen and oxygen atoms in total. The van der Waals surface area contributed by atoms with Crippen molar-refractivity contribution in [3.8, 4) is 11.4 Å². The van der Waals surface area contributed by atoms with E-state index >= 15 is 0 Å². The van der Waals surface area contributed by atoms with E-state index in [0.29, 0.717) is 22.0 Å². The summed E-state index contributed by atoms with van der Waals surface area (Å²) >= 11 is 6.22. The molecule has 3 saturated carbocycles. The van der Waals surface area contributed by atoms with E-state index in [0.717, 1.165) is 82.4 Å². The Morgan fingerprint density at radius 3 is 2.49 bits per heavy atom. The zero-order valence-electron chi connectivity index (χ0n) is 19.7. The van der Waals surface area contributed by atoms with Crippen molar-refractivity contribution in [3.05, 3.63) is 35.6 Å². The van der Waals surface area contributed by atoms with Crippen molar-refractivity contribution >= 4 is 34.6 Å². The lowest BCUT2D eigenvalue weighted by Gasteiger charge is -2.51. The molecule has 1 saturated heterocycles. The molecule has 0 spiro atoms. The lowest BCUT2D eigenvalue weighted by atomic mass is 9.54. The minimum atomic E-state index is -0.597. The number of H-pyrrole nitrogens is 1. The van der Waals surface area contributed by atoms with E-state index in [1.165, 1.54) is 0 Å². The van der Waals surface area contributed by atoms with Crippen molar-refractivity contribution in [1.29, 1.82) is 0 Å². The third-order valence-electron chi connectivity index (χ3n) is 8.60. The average molecular weight is 496 g/mol. The molecule has 3 aromatic heterocycles. The van der Waals surface area contributed by atoms with Crippen LogP contribution in [0.15, 0.2) is 30.6 Å². The molecule has 4 aliphatic rings. The molecule has 0 aromatic carbocycles. The minimum Gasteiger partial charge on any atom is -0.481 e. The Bertz CT molecular complexity index is 1210. The fourth-order valence-electron chi connectivity index (χ4n) is 6.08. The number of imidazole rings is 1. The molecular formula is C26H30ClN5O3. The van der Waals surface area contributed by atoms with Crippen LogP contribution in [0.5, 0.6) is 0 Å². The highest BCUT2D eigenvalue weighted by Gasteiger charge is 2.52. The molecule has 0 amide bonds. The third kappa shape index (κ3) is 4.16. The van der Waals surface area contributed by atoms with Gasteiger partial charge in [-0.2, -0.15) is 0 Å². The van der Waals surface area contributed by atoms with Gasteiger partial charge >= 0.3 is 5.97 Å². The number of aromatic nitrogens is 4. The van der Waals surface area contributed by atoms with Crippen LogP contribution >= 0.6 is 11.6 Å². The first-order valence-electron chi connectivity index (χ1n) is 12.5. The van der Waals surface area contributed by atoms with Gasteiger partial charge in [0.25, 0.3) is 0 Å². The molecule has 0 radical (unpaired) electrons. The maximum absolute atomic E-state index is 11.7. The average Bonchev–Trinajstić information content (AvgIpc) is 3.35. The van der Waals surface area contributed by atoms with Gasteiger partial charge in [0.15, 0.2) is 5.65 Å².